The van der Waals surface area contributed by atoms with E-state index in [2.05, 4.69) is 20.4 Å². The molecule has 0 saturated heterocycles. The van der Waals surface area contributed by atoms with Gasteiger partial charge < -0.3 is 24.4 Å². The highest BCUT2D eigenvalue weighted by atomic mass is 16.5. The van der Waals surface area contributed by atoms with Crippen LogP contribution in [0.25, 0.3) is 33.5 Å². The third-order valence-corrected chi connectivity index (χ3v) is 5.25. The average Bonchev–Trinajstić information content (AvgIpc) is 3.34. The zero-order valence-corrected chi connectivity index (χ0v) is 17.9. The maximum absolute atomic E-state index is 9.46. The Bertz CT molecular complexity index is 1410. The van der Waals surface area contributed by atoms with E-state index in [4.69, 9.17) is 14.0 Å². The lowest BCUT2D eigenvalue weighted by molar-refractivity contribution is 0.356. The topological polar surface area (TPSA) is 103 Å². The normalized spacial score (nSPS) is 10.8. The van der Waals surface area contributed by atoms with Gasteiger partial charge in [-0.2, -0.15) is 0 Å². The van der Waals surface area contributed by atoms with Crippen molar-refractivity contribution in [3.63, 3.8) is 0 Å². The molecule has 0 aliphatic carbocycles. The Labute approximate surface area is 189 Å². The minimum absolute atomic E-state index is 0.208. The third kappa shape index (κ3) is 4.01. The number of ether oxygens (including phenoxy) is 2. The number of anilines is 2. The van der Waals surface area contributed by atoms with Crippen LogP contribution in [0, 0.1) is 0 Å². The number of phenolic OH excluding ortho intramolecular Hbond substituents is 1. The monoisotopic (exact) mass is 440 g/mol. The Morgan fingerprint density at radius 3 is 2.24 bits per heavy atom. The first-order valence-corrected chi connectivity index (χ1v) is 10.1. The number of aromatic nitrogens is 3. The molecule has 0 bridgehead atoms. The predicted octanol–water partition coefficient (Wildman–Crippen LogP) is 5.42. The van der Waals surface area contributed by atoms with Crippen molar-refractivity contribution in [2.24, 2.45) is 0 Å². The Hall–Kier alpha value is -4.59. The highest BCUT2D eigenvalue weighted by molar-refractivity contribution is 5.93. The van der Waals surface area contributed by atoms with Crippen LogP contribution < -0.4 is 14.8 Å². The molecule has 2 N–H and O–H groups in total. The highest BCUT2D eigenvalue weighted by Crippen LogP contribution is 2.35. The molecule has 0 saturated carbocycles. The first-order chi connectivity index (χ1) is 16.1. The van der Waals surface area contributed by atoms with Gasteiger partial charge in [-0.05, 0) is 54.6 Å². The van der Waals surface area contributed by atoms with Gasteiger partial charge in [0.05, 0.1) is 19.7 Å². The molecule has 164 valence electrons. The minimum Gasteiger partial charge on any atom is -0.508 e. The molecular weight excluding hydrogens is 420 g/mol. The van der Waals surface area contributed by atoms with Gasteiger partial charge in [0.25, 0.3) is 0 Å². The van der Waals surface area contributed by atoms with Crippen LogP contribution in [-0.2, 0) is 0 Å². The van der Waals surface area contributed by atoms with E-state index in [1.165, 1.54) is 6.33 Å². The molecule has 0 atom stereocenters. The minimum atomic E-state index is 0.208. The fraction of sp³-hybridized carbons (Fsp3) is 0.0800. The van der Waals surface area contributed by atoms with E-state index in [1.807, 2.05) is 42.5 Å². The van der Waals surface area contributed by atoms with Crippen molar-refractivity contribution >= 4 is 22.4 Å². The van der Waals surface area contributed by atoms with E-state index < -0.39 is 0 Å². The van der Waals surface area contributed by atoms with E-state index in [0.717, 1.165) is 27.7 Å². The summed E-state index contributed by atoms with van der Waals surface area (Å²) in [5, 5.41) is 17.7. The Kier molecular flexibility index (Phi) is 5.24. The molecule has 0 aliphatic heterocycles. The van der Waals surface area contributed by atoms with E-state index >= 15 is 0 Å². The molecule has 0 unspecified atom stereocenters. The summed E-state index contributed by atoms with van der Waals surface area (Å²) in [6.45, 7) is 0. The number of fused-ring (bicyclic) bond motifs is 1. The number of nitrogens with zero attached hydrogens (tertiary/aromatic N) is 3. The lowest BCUT2D eigenvalue weighted by atomic mass is 10.1. The van der Waals surface area contributed by atoms with Gasteiger partial charge in [-0.1, -0.05) is 5.16 Å². The fourth-order valence-electron chi connectivity index (χ4n) is 3.52. The summed E-state index contributed by atoms with van der Waals surface area (Å²) in [6.07, 6.45) is 1.50. The Morgan fingerprint density at radius 1 is 0.818 bits per heavy atom. The standard InChI is InChI=1S/C25H20N4O4/c1-31-23-11-19-21(13-24(23)32-2)26-14-27-25(19)28-17-7-3-16(4-8-17)22-12-20(29-33-22)15-5-9-18(30)10-6-15/h3-14,30H,1-2H3,(H,26,27,28). The molecule has 8 heteroatoms. The summed E-state index contributed by atoms with van der Waals surface area (Å²) in [6, 6.07) is 20.1. The third-order valence-electron chi connectivity index (χ3n) is 5.25. The van der Waals surface area contributed by atoms with Crippen LogP contribution in [0.3, 0.4) is 0 Å². The maximum Gasteiger partial charge on any atom is 0.167 e. The fourth-order valence-corrected chi connectivity index (χ4v) is 3.52. The largest absolute Gasteiger partial charge is 0.508 e. The molecule has 8 nitrogen and oxygen atoms in total. The Morgan fingerprint density at radius 2 is 1.52 bits per heavy atom. The number of rotatable bonds is 6. The molecule has 5 aromatic rings. The number of nitrogens with one attached hydrogen (secondary N) is 1. The van der Waals surface area contributed by atoms with Crippen LogP contribution in [0.4, 0.5) is 11.5 Å². The molecule has 0 spiro atoms. The van der Waals surface area contributed by atoms with Gasteiger partial charge in [0.2, 0.25) is 0 Å². The van der Waals surface area contributed by atoms with Gasteiger partial charge in [-0.15, -0.1) is 0 Å². The van der Waals surface area contributed by atoms with Gasteiger partial charge in [-0.3, -0.25) is 0 Å². The number of methoxy groups -OCH3 is 2. The molecule has 0 amide bonds. The van der Waals surface area contributed by atoms with Crippen LogP contribution in [0.2, 0.25) is 0 Å². The van der Waals surface area contributed by atoms with Crippen LogP contribution in [0.5, 0.6) is 17.2 Å². The zero-order valence-electron chi connectivity index (χ0n) is 17.9. The molecule has 0 fully saturated rings. The first-order valence-electron chi connectivity index (χ1n) is 10.1. The van der Waals surface area contributed by atoms with Crippen molar-refractivity contribution in [2.75, 3.05) is 19.5 Å². The molecule has 0 aliphatic rings. The van der Waals surface area contributed by atoms with E-state index in [1.54, 1.807) is 38.5 Å². The van der Waals surface area contributed by atoms with Crippen molar-refractivity contribution in [1.82, 2.24) is 15.1 Å². The summed E-state index contributed by atoms with van der Waals surface area (Å²) in [7, 11) is 3.18. The van der Waals surface area contributed by atoms with Crippen molar-refractivity contribution in [3.05, 3.63) is 73.1 Å². The molecule has 5 rings (SSSR count). The number of hydrogen-bond acceptors (Lipinski definition) is 8. The molecule has 33 heavy (non-hydrogen) atoms. The molecule has 0 radical (unpaired) electrons. The average molecular weight is 440 g/mol. The lowest BCUT2D eigenvalue weighted by Crippen LogP contribution is -1.98. The van der Waals surface area contributed by atoms with Crippen LogP contribution in [-0.4, -0.2) is 34.5 Å². The highest BCUT2D eigenvalue weighted by Gasteiger charge is 2.12. The van der Waals surface area contributed by atoms with Crippen LogP contribution >= 0.6 is 0 Å². The van der Waals surface area contributed by atoms with Gasteiger partial charge in [0.1, 0.15) is 23.6 Å². The second-order valence-electron chi connectivity index (χ2n) is 7.27. The summed E-state index contributed by atoms with van der Waals surface area (Å²) >= 11 is 0. The van der Waals surface area contributed by atoms with Crippen molar-refractivity contribution < 1.29 is 19.1 Å². The number of benzene rings is 3. The number of aromatic hydroxyl groups is 1. The summed E-state index contributed by atoms with van der Waals surface area (Å²) in [5.74, 6) is 2.72. The van der Waals surface area contributed by atoms with Gasteiger partial charge in [-0.25, -0.2) is 9.97 Å². The number of phenols is 1. The predicted molar refractivity (Wildman–Crippen MR) is 125 cm³/mol. The summed E-state index contributed by atoms with van der Waals surface area (Å²) in [5.41, 5.74) is 4.04. The maximum atomic E-state index is 9.46. The van der Waals surface area contributed by atoms with Crippen LogP contribution in [0.1, 0.15) is 0 Å². The molecule has 3 aromatic carbocycles. The second-order valence-corrected chi connectivity index (χ2v) is 7.27. The van der Waals surface area contributed by atoms with Gasteiger partial charge in [0.15, 0.2) is 17.3 Å². The summed E-state index contributed by atoms with van der Waals surface area (Å²) in [4.78, 5) is 8.73. The zero-order chi connectivity index (χ0) is 22.8. The second kappa shape index (κ2) is 8.51. The first kappa shape index (κ1) is 20.3. The lowest BCUT2D eigenvalue weighted by Gasteiger charge is -2.12. The van der Waals surface area contributed by atoms with Crippen molar-refractivity contribution in [2.45, 2.75) is 0 Å². The smallest absolute Gasteiger partial charge is 0.167 e. The van der Waals surface area contributed by atoms with Crippen molar-refractivity contribution in [3.8, 4) is 39.8 Å². The van der Waals surface area contributed by atoms with Crippen molar-refractivity contribution in [1.29, 1.82) is 0 Å². The quantitative estimate of drug-likeness (QED) is 0.361. The molecule has 2 aromatic heterocycles. The van der Waals surface area contributed by atoms with E-state index in [0.29, 0.717) is 28.8 Å². The Balaban J connectivity index is 1.40. The van der Waals surface area contributed by atoms with Crippen LogP contribution in [0.15, 0.2) is 77.6 Å². The summed E-state index contributed by atoms with van der Waals surface area (Å²) < 4.78 is 16.3. The molecule has 2 heterocycles. The SMILES string of the molecule is COc1cc2ncnc(Nc3ccc(-c4cc(-c5ccc(O)cc5)no4)cc3)c2cc1OC. The van der Waals surface area contributed by atoms with Gasteiger partial charge >= 0.3 is 0 Å². The number of hydrogen-bond donors (Lipinski definition) is 2. The van der Waals surface area contributed by atoms with E-state index in [-0.39, 0.29) is 5.75 Å². The molecular formula is C25H20N4O4. The van der Waals surface area contributed by atoms with Gasteiger partial charge in [0, 0.05) is 34.3 Å². The van der Waals surface area contributed by atoms with E-state index in [9.17, 15) is 5.11 Å².